The Morgan fingerprint density at radius 1 is 1.47 bits per heavy atom. The molecule has 1 aromatic heterocycles. The molecular formula is C11H17BrN2S. The maximum atomic E-state index is 4.62. The number of alkyl halides is 1. The summed E-state index contributed by atoms with van der Waals surface area (Å²) in [6.45, 7) is 11.0. The lowest BCUT2D eigenvalue weighted by Crippen LogP contribution is -2.23. The van der Waals surface area contributed by atoms with Crippen LogP contribution in [0.5, 0.6) is 0 Å². The molecule has 15 heavy (non-hydrogen) atoms. The number of hydrogen-bond acceptors (Lipinski definition) is 3. The van der Waals surface area contributed by atoms with Gasteiger partial charge in [0.15, 0.2) is 5.13 Å². The number of aryl methyl sites for hydroxylation is 2. The predicted molar refractivity (Wildman–Crippen MR) is 70.3 cm³/mol. The van der Waals surface area contributed by atoms with E-state index < -0.39 is 0 Å². The van der Waals surface area contributed by atoms with Crippen molar-refractivity contribution in [2.24, 2.45) is 5.41 Å². The van der Waals surface area contributed by atoms with E-state index in [9.17, 15) is 0 Å². The highest BCUT2D eigenvalue weighted by atomic mass is 79.9. The number of nitrogens with zero attached hydrogens (tertiary/aromatic N) is 2. The van der Waals surface area contributed by atoms with Crippen molar-refractivity contribution in [1.29, 1.82) is 0 Å². The minimum atomic E-state index is 0.341. The fourth-order valence-electron chi connectivity index (χ4n) is 1.83. The Kier molecular flexibility index (Phi) is 2.84. The van der Waals surface area contributed by atoms with Crippen LogP contribution in [0.1, 0.15) is 24.4 Å². The van der Waals surface area contributed by atoms with Crippen LogP contribution in [0, 0.1) is 19.3 Å². The number of halogens is 1. The van der Waals surface area contributed by atoms with Gasteiger partial charge in [0.1, 0.15) is 0 Å². The van der Waals surface area contributed by atoms with Gasteiger partial charge in [0.2, 0.25) is 0 Å². The molecule has 0 N–H and O–H groups in total. The van der Waals surface area contributed by atoms with E-state index in [0.29, 0.717) is 10.2 Å². The molecule has 0 saturated carbocycles. The molecular weight excluding hydrogens is 272 g/mol. The van der Waals surface area contributed by atoms with Crippen LogP contribution in [0.2, 0.25) is 0 Å². The largest absolute Gasteiger partial charge is 0.346 e. The Hall–Kier alpha value is -0.0900. The SMILES string of the molecule is Cc1nc(N2CC(Br)C(C)(C)C2)sc1C. The summed E-state index contributed by atoms with van der Waals surface area (Å²) < 4.78 is 0. The highest BCUT2D eigenvalue weighted by Crippen LogP contribution is 2.38. The van der Waals surface area contributed by atoms with E-state index >= 15 is 0 Å². The zero-order valence-corrected chi connectivity index (χ0v) is 12.1. The van der Waals surface area contributed by atoms with Crippen molar-refractivity contribution in [3.05, 3.63) is 10.6 Å². The van der Waals surface area contributed by atoms with Gasteiger partial charge in [0.25, 0.3) is 0 Å². The fraction of sp³-hybridized carbons (Fsp3) is 0.727. The first kappa shape index (κ1) is 11.4. The Balaban J connectivity index is 2.21. The van der Waals surface area contributed by atoms with Crippen LogP contribution in [0.4, 0.5) is 5.13 Å². The number of anilines is 1. The minimum absolute atomic E-state index is 0.341. The van der Waals surface area contributed by atoms with Crippen LogP contribution in [-0.4, -0.2) is 22.9 Å². The molecule has 0 aliphatic carbocycles. The van der Waals surface area contributed by atoms with E-state index in [4.69, 9.17) is 0 Å². The third-order valence-electron chi connectivity index (χ3n) is 3.11. The zero-order chi connectivity index (χ0) is 11.2. The summed E-state index contributed by atoms with van der Waals surface area (Å²) in [6.07, 6.45) is 0. The molecule has 1 unspecified atom stereocenters. The van der Waals surface area contributed by atoms with Crippen molar-refractivity contribution >= 4 is 32.4 Å². The predicted octanol–water partition coefficient (Wildman–Crippen LogP) is 3.37. The van der Waals surface area contributed by atoms with Crippen LogP contribution >= 0.6 is 27.3 Å². The van der Waals surface area contributed by atoms with Crippen LogP contribution in [0.15, 0.2) is 0 Å². The monoisotopic (exact) mass is 288 g/mol. The van der Waals surface area contributed by atoms with Crippen molar-refractivity contribution in [2.75, 3.05) is 18.0 Å². The van der Waals surface area contributed by atoms with Gasteiger partial charge in [-0.25, -0.2) is 4.98 Å². The first-order valence-electron chi connectivity index (χ1n) is 5.23. The van der Waals surface area contributed by atoms with E-state index in [0.717, 1.165) is 13.1 Å². The van der Waals surface area contributed by atoms with Gasteiger partial charge in [-0.05, 0) is 19.3 Å². The molecule has 1 aromatic rings. The van der Waals surface area contributed by atoms with E-state index in [2.05, 4.69) is 53.5 Å². The molecule has 2 heterocycles. The Labute approximate surface area is 104 Å². The maximum Gasteiger partial charge on any atom is 0.185 e. The summed E-state index contributed by atoms with van der Waals surface area (Å²) >= 11 is 5.57. The zero-order valence-electron chi connectivity index (χ0n) is 9.67. The maximum absolute atomic E-state index is 4.62. The second-order valence-electron chi connectivity index (χ2n) is 4.97. The van der Waals surface area contributed by atoms with Gasteiger partial charge < -0.3 is 4.90 Å². The van der Waals surface area contributed by atoms with E-state index in [1.807, 2.05) is 11.3 Å². The summed E-state index contributed by atoms with van der Waals surface area (Å²) in [5.74, 6) is 0. The lowest BCUT2D eigenvalue weighted by Gasteiger charge is -2.20. The number of aromatic nitrogens is 1. The molecule has 1 aliphatic rings. The Bertz CT molecular complexity index is 353. The average molecular weight is 289 g/mol. The summed E-state index contributed by atoms with van der Waals surface area (Å²) in [7, 11) is 0. The molecule has 2 nitrogen and oxygen atoms in total. The third kappa shape index (κ3) is 2.07. The molecule has 0 bridgehead atoms. The summed E-state index contributed by atoms with van der Waals surface area (Å²) in [4.78, 5) is 8.91. The molecule has 0 aromatic carbocycles. The highest BCUT2D eigenvalue weighted by molar-refractivity contribution is 9.09. The molecule has 4 heteroatoms. The van der Waals surface area contributed by atoms with Crippen molar-refractivity contribution in [2.45, 2.75) is 32.5 Å². The quantitative estimate of drug-likeness (QED) is 0.737. The van der Waals surface area contributed by atoms with E-state index in [-0.39, 0.29) is 0 Å². The molecule has 0 amide bonds. The normalized spacial score (nSPS) is 24.9. The number of rotatable bonds is 1. The molecule has 0 spiro atoms. The highest BCUT2D eigenvalue weighted by Gasteiger charge is 2.38. The number of thiazole rings is 1. The lowest BCUT2D eigenvalue weighted by molar-refractivity contribution is 0.434. The van der Waals surface area contributed by atoms with Crippen LogP contribution in [0.3, 0.4) is 0 Å². The van der Waals surface area contributed by atoms with Crippen molar-refractivity contribution < 1.29 is 0 Å². The standard InChI is InChI=1S/C11H17BrN2S/c1-7-8(2)15-10(13-7)14-5-9(12)11(3,4)6-14/h9H,5-6H2,1-4H3. The first-order chi connectivity index (χ1) is 6.90. The van der Waals surface area contributed by atoms with Gasteiger partial charge in [-0.15, -0.1) is 11.3 Å². The molecule has 84 valence electrons. The van der Waals surface area contributed by atoms with Gasteiger partial charge in [-0.3, -0.25) is 0 Å². The fourth-order valence-corrected chi connectivity index (χ4v) is 3.25. The molecule has 1 atom stereocenters. The first-order valence-corrected chi connectivity index (χ1v) is 6.96. The van der Waals surface area contributed by atoms with Gasteiger partial charge in [0, 0.05) is 22.8 Å². The molecule has 0 radical (unpaired) electrons. The van der Waals surface area contributed by atoms with Crippen molar-refractivity contribution in [3.63, 3.8) is 0 Å². The molecule has 2 rings (SSSR count). The third-order valence-corrected chi connectivity index (χ3v) is 5.78. The lowest BCUT2D eigenvalue weighted by atomic mass is 9.93. The minimum Gasteiger partial charge on any atom is -0.346 e. The summed E-state index contributed by atoms with van der Waals surface area (Å²) in [5.41, 5.74) is 1.51. The Morgan fingerprint density at radius 3 is 2.53 bits per heavy atom. The van der Waals surface area contributed by atoms with Gasteiger partial charge in [0.05, 0.1) is 5.69 Å². The summed E-state index contributed by atoms with van der Waals surface area (Å²) in [6, 6.07) is 0. The summed E-state index contributed by atoms with van der Waals surface area (Å²) in [5, 5.41) is 1.18. The van der Waals surface area contributed by atoms with Gasteiger partial charge in [-0.2, -0.15) is 0 Å². The van der Waals surface area contributed by atoms with E-state index in [1.165, 1.54) is 15.7 Å². The van der Waals surface area contributed by atoms with E-state index in [1.54, 1.807) is 0 Å². The van der Waals surface area contributed by atoms with Crippen molar-refractivity contribution in [1.82, 2.24) is 4.98 Å². The van der Waals surface area contributed by atoms with Gasteiger partial charge >= 0.3 is 0 Å². The van der Waals surface area contributed by atoms with Crippen LogP contribution in [-0.2, 0) is 0 Å². The molecule has 1 aliphatic heterocycles. The molecule has 1 saturated heterocycles. The average Bonchev–Trinajstić information content (AvgIpc) is 2.57. The topological polar surface area (TPSA) is 16.1 Å². The molecule has 1 fully saturated rings. The number of hydrogen-bond donors (Lipinski definition) is 0. The van der Waals surface area contributed by atoms with Gasteiger partial charge in [-0.1, -0.05) is 29.8 Å². The van der Waals surface area contributed by atoms with Crippen LogP contribution in [0.25, 0.3) is 0 Å². The van der Waals surface area contributed by atoms with Crippen molar-refractivity contribution in [3.8, 4) is 0 Å². The van der Waals surface area contributed by atoms with Crippen LogP contribution < -0.4 is 4.90 Å². The second-order valence-corrected chi connectivity index (χ2v) is 7.26. The Morgan fingerprint density at radius 2 is 2.13 bits per heavy atom. The smallest absolute Gasteiger partial charge is 0.185 e. The second kappa shape index (κ2) is 3.74.